The Kier molecular flexibility index (Phi) is 4.40. The third kappa shape index (κ3) is 3.42. The predicted molar refractivity (Wildman–Crippen MR) is 73.4 cm³/mol. The second-order valence-electron chi connectivity index (χ2n) is 4.82. The summed E-state index contributed by atoms with van der Waals surface area (Å²) in [5, 5.41) is 3.11. The maximum atomic E-state index is 12.9. The van der Waals surface area contributed by atoms with Crippen molar-refractivity contribution in [3.63, 3.8) is 0 Å². The number of nitrogens with one attached hydrogen (secondary N) is 1. The molecule has 1 aliphatic heterocycles. The average Bonchev–Trinajstić information content (AvgIpc) is 2.77. The number of hydrogen-bond acceptors (Lipinski definition) is 2. The summed E-state index contributed by atoms with van der Waals surface area (Å²) in [6.45, 7) is 2.52. The second kappa shape index (κ2) is 5.71. The first-order chi connectivity index (χ1) is 8.91. The molecule has 6 heteroatoms. The van der Waals surface area contributed by atoms with E-state index in [1.807, 2.05) is 11.9 Å². The van der Waals surface area contributed by atoms with Gasteiger partial charge in [0, 0.05) is 23.2 Å². The summed E-state index contributed by atoms with van der Waals surface area (Å²) >= 11 is 2.96. The molecule has 1 saturated heterocycles. The SMILES string of the molecule is CNCC1CCN(c2ccc(Br)c(C(F)(F)F)c2)C1. The number of hydrogen-bond donors (Lipinski definition) is 1. The molecular formula is C13H16BrF3N2. The first-order valence-corrected chi connectivity index (χ1v) is 6.97. The zero-order chi connectivity index (χ0) is 14.0. The van der Waals surface area contributed by atoms with E-state index in [0.717, 1.165) is 26.1 Å². The van der Waals surface area contributed by atoms with Gasteiger partial charge >= 0.3 is 6.18 Å². The first-order valence-electron chi connectivity index (χ1n) is 6.18. The largest absolute Gasteiger partial charge is 0.417 e. The van der Waals surface area contributed by atoms with Crippen LogP contribution in [0.1, 0.15) is 12.0 Å². The van der Waals surface area contributed by atoms with Crippen LogP contribution < -0.4 is 10.2 Å². The standard InChI is InChI=1S/C13H16BrF3N2/c1-18-7-9-4-5-19(8-9)10-2-3-12(14)11(6-10)13(15,16)17/h2-3,6,9,18H,4-5,7-8H2,1H3. The van der Waals surface area contributed by atoms with Gasteiger partial charge in [-0.25, -0.2) is 0 Å². The Morgan fingerprint density at radius 1 is 1.42 bits per heavy atom. The summed E-state index contributed by atoms with van der Waals surface area (Å²) < 4.78 is 38.7. The Labute approximate surface area is 119 Å². The van der Waals surface area contributed by atoms with Gasteiger partial charge in [-0.1, -0.05) is 15.9 Å². The van der Waals surface area contributed by atoms with Crippen molar-refractivity contribution in [1.82, 2.24) is 5.32 Å². The molecule has 1 N–H and O–H groups in total. The molecule has 2 rings (SSSR count). The van der Waals surface area contributed by atoms with Gasteiger partial charge in [0.2, 0.25) is 0 Å². The molecule has 1 fully saturated rings. The predicted octanol–water partition coefficient (Wildman–Crippen LogP) is 3.51. The minimum Gasteiger partial charge on any atom is -0.371 e. The summed E-state index contributed by atoms with van der Waals surface area (Å²) in [6.07, 6.45) is -3.31. The monoisotopic (exact) mass is 336 g/mol. The molecule has 1 aliphatic rings. The van der Waals surface area contributed by atoms with Crippen LogP contribution >= 0.6 is 15.9 Å². The van der Waals surface area contributed by atoms with Crippen molar-refractivity contribution in [2.24, 2.45) is 5.92 Å². The summed E-state index contributed by atoms with van der Waals surface area (Å²) in [6, 6.07) is 4.44. The Balaban J connectivity index is 2.18. The van der Waals surface area contributed by atoms with Crippen LogP contribution in [-0.4, -0.2) is 26.7 Å². The van der Waals surface area contributed by atoms with Gasteiger partial charge in [0.25, 0.3) is 0 Å². The van der Waals surface area contributed by atoms with E-state index < -0.39 is 11.7 Å². The summed E-state index contributed by atoms with van der Waals surface area (Å²) in [5.41, 5.74) is 0.0381. The van der Waals surface area contributed by atoms with Crippen LogP contribution in [0.15, 0.2) is 22.7 Å². The van der Waals surface area contributed by atoms with E-state index in [4.69, 9.17) is 0 Å². The van der Waals surface area contributed by atoms with Gasteiger partial charge in [-0.05, 0) is 44.1 Å². The van der Waals surface area contributed by atoms with Crippen LogP contribution in [0.25, 0.3) is 0 Å². The van der Waals surface area contributed by atoms with Gasteiger partial charge in [-0.2, -0.15) is 13.2 Å². The van der Waals surface area contributed by atoms with Crippen molar-refractivity contribution >= 4 is 21.6 Å². The van der Waals surface area contributed by atoms with Crippen LogP contribution in [0.4, 0.5) is 18.9 Å². The average molecular weight is 337 g/mol. The van der Waals surface area contributed by atoms with Gasteiger partial charge in [0.1, 0.15) is 0 Å². The fourth-order valence-electron chi connectivity index (χ4n) is 2.45. The van der Waals surface area contributed by atoms with Crippen molar-refractivity contribution in [3.05, 3.63) is 28.2 Å². The van der Waals surface area contributed by atoms with Gasteiger partial charge in [-0.15, -0.1) is 0 Å². The quantitative estimate of drug-likeness (QED) is 0.908. The highest BCUT2D eigenvalue weighted by Gasteiger charge is 2.34. The normalized spacial score (nSPS) is 20.1. The van der Waals surface area contributed by atoms with Crippen LogP contribution in [0, 0.1) is 5.92 Å². The molecule has 1 unspecified atom stereocenters. The number of alkyl halides is 3. The highest BCUT2D eigenvalue weighted by atomic mass is 79.9. The lowest BCUT2D eigenvalue weighted by molar-refractivity contribution is -0.138. The van der Waals surface area contributed by atoms with Crippen LogP contribution in [-0.2, 0) is 6.18 Å². The Morgan fingerprint density at radius 2 is 2.16 bits per heavy atom. The molecule has 0 saturated carbocycles. The number of anilines is 1. The topological polar surface area (TPSA) is 15.3 Å². The van der Waals surface area contributed by atoms with Gasteiger partial charge < -0.3 is 10.2 Å². The maximum Gasteiger partial charge on any atom is 0.417 e. The van der Waals surface area contributed by atoms with E-state index in [0.29, 0.717) is 11.6 Å². The first kappa shape index (κ1) is 14.7. The Bertz CT molecular complexity index is 448. The summed E-state index contributed by atoms with van der Waals surface area (Å²) in [5.74, 6) is 0.503. The van der Waals surface area contributed by atoms with Crippen molar-refractivity contribution in [2.75, 3.05) is 31.6 Å². The zero-order valence-corrected chi connectivity index (χ0v) is 12.2. The number of nitrogens with zero attached hydrogens (tertiary/aromatic N) is 1. The minimum atomic E-state index is -4.32. The Morgan fingerprint density at radius 3 is 2.79 bits per heavy atom. The fraction of sp³-hybridized carbons (Fsp3) is 0.538. The smallest absolute Gasteiger partial charge is 0.371 e. The van der Waals surface area contributed by atoms with Crippen molar-refractivity contribution in [2.45, 2.75) is 12.6 Å². The van der Waals surface area contributed by atoms with Crippen molar-refractivity contribution in [3.8, 4) is 0 Å². The number of rotatable bonds is 3. The van der Waals surface area contributed by atoms with E-state index in [1.165, 1.54) is 12.1 Å². The molecule has 0 radical (unpaired) electrons. The van der Waals surface area contributed by atoms with Gasteiger partial charge in [0.05, 0.1) is 5.56 Å². The summed E-state index contributed by atoms with van der Waals surface area (Å²) in [7, 11) is 1.89. The molecule has 106 valence electrons. The van der Waals surface area contributed by atoms with E-state index in [-0.39, 0.29) is 4.47 Å². The fourth-order valence-corrected chi connectivity index (χ4v) is 2.92. The molecule has 1 heterocycles. The van der Waals surface area contributed by atoms with Crippen LogP contribution in [0.5, 0.6) is 0 Å². The third-order valence-corrected chi connectivity index (χ3v) is 4.09. The van der Waals surface area contributed by atoms with Gasteiger partial charge in [-0.3, -0.25) is 0 Å². The molecule has 1 aromatic rings. The second-order valence-corrected chi connectivity index (χ2v) is 5.67. The van der Waals surface area contributed by atoms with E-state index >= 15 is 0 Å². The lowest BCUT2D eigenvalue weighted by atomic mass is 10.1. The molecule has 19 heavy (non-hydrogen) atoms. The van der Waals surface area contributed by atoms with Crippen molar-refractivity contribution < 1.29 is 13.2 Å². The van der Waals surface area contributed by atoms with E-state index in [2.05, 4.69) is 21.2 Å². The molecule has 1 aromatic carbocycles. The van der Waals surface area contributed by atoms with Crippen LogP contribution in [0.2, 0.25) is 0 Å². The Hall–Kier alpha value is -0.750. The van der Waals surface area contributed by atoms with Crippen molar-refractivity contribution in [1.29, 1.82) is 0 Å². The third-order valence-electron chi connectivity index (χ3n) is 3.40. The highest BCUT2D eigenvalue weighted by molar-refractivity contribution is 9.10. The molecule has 0 spiro atoms. The van der Waals surface area contributed by atoms with E-state index in [9.17, 15) is 13.2 Å². The van der Waals surface area contributed by atoms with Crippen LogP contribution in [0.3, 0.4) is 0 Å². The lowest BCUT2D eigenvalue weighted by Crippen LogP contribution is -2.24. The molecule has 0 bridgehead atoms. The lowest BCUT2D eigenvalue weighted by Gasteiger charge is -2.21. The molecule has 2 nitrogen and oxygen atoms in total. The number of halogens is 4. The van der Waals surface area contributed by atoms with Gasteiger partial charge in [0.15, 0.2) is 0 Å². The maximum absolute atomic E-state index is 12.9. The minimum absolute atomic E-state index is 0.0923. The molecule has 0 aliphatic carbocycles. The summed E-state index contributed by atoms with van der Waals surface area (Å²) in [4.78, 5) is 2.02. The molecule has 1 atom stereocenters. The number of benzene rings is 1. The highest BCUT2D eigenvalue weighted by Crippen LogP contribution is 2.37. The zero-order valence-electron chi connectivity index (χ0n) is 10.6. The van der Waals surface area contributed by atoms with E-state index in [1.54, 1.807) is 6.07 Å². The molecular weight excluding hydrogens is 321 g/mol. The molecule has 0 amide bonds. The molecule has 0 aromatic heterocycles.